The summed E-state index contributed by atoms with van der Waals surface area (Å²) in [5, 5.41) is 0.116. The van der Waals surface area contributed by atoms with Gasteiger partial charge >= 0.3 is 0 Å². The van der Waals surface area contributed by atoms with E-state index >= 15 is 0 Å². The molecule has 1 atom stereocenters. The molecule has 2 heteroatoms. The number of rotatable bonds is 4. The summed E-state index contributed by atoms with van der Waals surface area (Å²) < 4.78 is 0. The second-order valence-electron chi connectivity index (χ2n) is 6.28. The van der Waals surface area contributed by atoms with E-state index in [2.05, 4.69) is 11.8 Å². The van der Waals surface area contributed by atoms with Gasteiger partial charge < -0.3 is 0 Å². The maximum atomic E-state index is 12.7. The number of carbonyl (C=O) groups excluding carboxylic acids is 1. The Balaban J connectivity index is 1.86. The summed E-state index contributed by atoms with van der Waals surface area (Å²) in [5.41, 5.74) is 1.49. The van der Waals surface area contributed by atoms with E-state index in [4.69, 9.17) is 0 Å². The van der Waals surface area contributed by atoms with Crippen molar-refractivity contribution >= 4 is 16.9 Å². The van der Waals surface area contributed by atoms with Gasteiger partial charge in [-0.3, -0.25) is 4.79 Å². The Morgan fingerprint density at radius 2 is 1.38 bits per heavy atom. The van der Waals surface area contributed by atoms with Gasteiger partial charge in [0.2, 0.25) is 0 Å². The van der Waals surface area contributed by atoms with Crippen molar-refractivity contribution in [2.75, 3.05) is 0 Å². The average molecular weight is 356 g/mol. The lowest BCUT2D eigenvalue weighted by Crippen LogP contribution is -2.23. The van der Waals surface area contributed by atoms with Crippen LogP contribution in [0.1, 0.15) is 24.5 Å². The van der Waals surface area contributed by atoms with Crippen molar-refractivity contribution < 1.29 is 4.79 Å². The molecular formula is C24H20OS. The first-order chi connectivity index (χ1) is 12.7. The monoisotopic (exact) mass is 356 g/mol. The van der Waals surface area contributed by atoms with Crippen molar-refractivity contribution in [3.8, 4) is 11.8 Å². The Hall–Kier alpha value is -2.76. The lowest BCUT2D eigenvalue weighted by Gasteiger charge is -2.23. The molecule has 3 rings (SSSR count). The molecule has 128 valence electrons. The molecule has 26 heavy (non-hydrogen) atoms. The lowest BCUT2D eigenvalue weighted by atomic mass is 9.80. The first kappa shape index (κ1) is 18.0. The molecular weight excluding hydrogens is 336 g/mol. The first-order valence-corrected chi connectivity index (χ1v) is 9.37. The Morgan fingerprint density at radius 3 is 2.00 bits per heavy atom. The quantitative estimate of drug-likeness (QED) is 0.440. The highest BCUT2D eigenvalue weighted by Gasteiger charge is 2.28. The van der Waals surface area contributed by atoms with Gasteiger partial charge in [-0.15, -0.1) is 0 Å². The predicted molar refractivity (Wildman–Crippen MR) is 109 cm³/mol. The first-order valence-electron chi connectivity index (χ1n) is 8.55. The van der Waals surface area contributed by atoms with Crippen LogP contribution >= 0.6 is 11.8 Å². The molecule has 0 N–H and O–H groups in total. The fourth-order valence-electron chi connectivity index (χ4n) is 2.70. The number of benzene rings is 3. The molecule has 0 saturated heterocycles. The van der Waals surface area contributed by atoms with Crippen LogP contribution in [0, 0.1) is 11.8 Å². The van der Waals surface area contributed by atoms with Gasteiger partial charge in [0.1, 0.15) is 0 Å². The molecule has 0 fully saturated rings. The minimum absolute atomic E-state index is 0.116. The third-order valence-electron chi connectivity index (χ3n) is 4.14. The molecule has 0 aromatic heterocycles. The highest BCUT2D eigenvalue weighted by Crippen LogP contribution is 2.31. The normalized spacial score (nSPS) is 12.5. The Labute approximate surface area is 159 Å². The maximum absolute atomic E-state index is 12.7. The van der Waals surface area contributed by atoms with Gasteiger partial charge in [-0.25, -0.2) is 0 Å². The van der Waals surface area contributed by atoms with E-state index in [1.165, 1.54) is 11.8 Å². The van der Waals surface area contributed by atoms with Crippen LogP contribution in [0.2, 0.25) is 0 Å². The minimum atomic E-state index is -0.532. The van der Waals surface area contributed by atoms with Crippen LogP contribution in [-0.4, -0.2) is 5.12 Å². The van der Waals surface area contributed by atoms with E-state index < -0.39 is 5.41 Å². The summed E-state index contributed by atoms with van der Waals surface area (Å²) in [6.07, 6.45) is 0.358. The average Bonchev–Trinajstić information content (AvgIpc) is 2.69. The van der Waals surface area contributed by atoms with E-state index in [1.807, 2.05) is 97.9 Å². The second kappa shape index (κ2) is 8.56. The Morgan fingerprint density at radius 1 is 0.846 bits per heavy atom. The molecule has 0 aliphatic carbocycles. The van der Waals surface area contributed by atoms with Gasteiger partial charge in [-0.1, -0.05) is 90.3 Å². The number of hydrogen-bond donors (Lipinski definition) is 0. The largest absolute Gasteiger partial charge is 0.287 e. The fraction of sp³-hybridized carbons (Fsp3) is 0.125. The summed E-state index contributed by atoms with van der Waals surface area (Å²) in [5.74, 6) is 6.60. The molecule has 0 heterocycles. The van der Waals surface area contributed by atoms with Crippen LogP contribution in [0.15, 0.2) is 95.9 Å². The molecule has 0 spiro atoms. The zero-order chi connectivity index (χ0) is 18.2. The minimum Gasteiger partial charge on any atom is -0.287 e. The van der Waals surface area contributed by atoms with Crippen molar-refractivity contribution in [2.24, 2.45) is 0 Å². The van der Waals surface area contributed by atoms with Gasteiger partial charge in [0, 0.05) is 16.9 Å². The molecule has 0 aliphatic rings. The van der Waals surface area contributed by atoms with Gasteiger partial charge in [0.25, 0.3) is 0 Å². The predicted octanol–water partition coefficient (Wildman–Crippen LogP) is 5.71. The molecule has 0 aliphatic heterocycles. The topological polar surface area (TPSA) is 17.1 Å². The number of thioether (sulfide) groups is 1. The molecule has 0 radical (unpaired) electrons. The van der Waals surface area contributed by atoms with Crippen LogP contribution in [0.5, 0.6) is 0 Å². The van der Waals surface area contributed by atoms with Crippen LogP contribution in [0.3, 0.4) is 0 Å². The SMILES string of the molecule is CC(C#Cc1ccccc1)(CC(=O)Sc1ccccc1)c1ccccc1. The summed E-state index contributed by atoms with van der Waals surface area (Å²) in [4.78, 5) is 13.7. The van der Waals surface area contributed by atoms with Gasteiger partial charge in [-0.05, 0) is 36.8 Å². The van der Waals surface area contributed by atoms with Crippen molar-refractivity contribution in [3.63, 3.8) is 0 Å². The highest BCUT2D eigenvalue weighted by molar-refractivity contribution is 8.13. The number of hydrogen-bond acceptors (Lipinski definition) is 2. The van der Waals surface area contributed by atoms with Crippen LogP contribution in [0.25, 0.3) is 0 Å². The molecule has 1 nitrogen and oxygen atoms in total. The van der Waals surface area contributed by atoms with Crippen LogP contribution < -0.4 is 0 Å². The van der Waals surface area contributed by atoms with Crippen LogP contribution in [-0.2, 0) is 10.2 Å². The summed E-state index contributed by atoms with van der Waals surface area (Å²) in [6.45, 7) is 2.04. The summed E-state index contributed by atoms with van der Waals surface area (Å²) in [6, 6.07) is 29.7. The lowest BCUT2D eigenvalue weighted by molar-refractivity contribution is -0.111. The van der Waals surface area contributed by atoms with Gasteiger partial charge in [0.15, 0.2) is 5.12 Å². The van der Waals surface area contributed by atoms with E-state index in [0.717, 1.165) is 16.0 Å². The number of carbonyl (C=O) groups is 1. The van der Waals surface area contributed by atoms with E-state index in [-0.39, 0.29) is 5.12 Å². The fourth-order valence-corrected chi connectivity index (χ4v) is 3.62. The maximum Gasteiger partial charge on any atom is 0.195 e. The molecule has 0 saturated carbocycles. The molecule has 0 bridgehead atoms. The Kier molecular flexibility index (Phi) is 5.94. The van der Waals surface area contributed by atoms with E-state index in [1.54, 1.807) is 0 Å². The zero-order valence-corrected chi connectivity index (χ0v) is 15.5. The molecule has 1 unspecified atom stereocenters. The highest BCUT2D eigenvalue weighted by atomic mass is 32.2. The summed E-state index contributed by atoms with van der Waals surface area (Å²) >= 11 is 1.28. The summed E-state index contributed by atoms with van der Waals surface area (Å²) in [7, 11) is 0. The Bertz CT molecular complexity index is 908. The van der Waals surface area contributed by atoms with Crippen molar-refractivity contribution in [1.82, 2.24) is 0 Å². The third kappa shape index (κ3) is 4.88. The van der Waals surface area contributed by atoms with Crippen molar-refractivity contribution in [3.05, 3.63) is 102 Å². The van der Waals surface area contributed by atoms with Crippen LogP contribution in [0.4, 0.5) is 0 Å². The standard InChI is InChI=1S/C24H20OS/c1-24(21-13-7-3-8-14-21,18-17-20-11-5-2-6-12-20)19-23(25)26-22-15-9-4-10-16-22/h2-16H,19H2,1H3. The molecule has 3 aromatic rings. The molecule has 3 aromatic carbocycles. The molecule has 0 amide bonds. The van der Waals surface area contributed by atoms with Crippen molar-refractivity contribution in [1.29, 1.82) is 0 Å². The smallest absolute Gasteiger partial charge is 0.195 e. The van der Waals surface area contributed by atoms with E-state index in [0.29, 0.717) is 6.42 Å². The van der Waals surface area contributed by atoms with Crippen molar-refractivity contribution in [2.45, 2.75) is 23.7 Å². The van der Waals surface area contributed by atoms with Gasteiger partial charge in [-0.2, -0.15) is 0 Å². The van der Waals surface area contributed by atoms with E-state index in [9.17, 15) is 4.79 Å². The zero-order valence-electron chi connectivity index (χ0n) is 14.7. The second-order valence-corrected chi connectivity index (χ2v) is 7.41. The van der Waals surface area contributed by atoms with Gasteiger partial charge in [0.05, 0.1) is 5.41 Å². The third-order valence-corrected chi connectivity index (χ3v) is 5.02.